The first-order valence-corrected chi connectivity index (χ1v) is 5.70. The molecule has 0 saturated carbocycles. The average molecular weight is 306 g/mol. The third kappa shape index (κ3) is 6.45. The van der Waals surface area contributed by atoms with E-state index in [2.05, 4.69) is 20.4 Å². The Morgan fingerprint density at radius 3 is 2.57 bits per heavy atom. The molecular formula is C11H13F3N4O3. The molecule has 1 rings (SSSR count). The molecule has 0 saturated heterocycles. The lowest BCUT2D eigenvalue weighted by atomic mass is 10.3. The predicted octanol–water partition coefficient (Wildman–Crippen LogP) is 1.02. The van der Waals surface area contributed by atoms with Gasteiger partial charge in [-0.15, -0.1) is 0 Å². The average Bonchev–Trinajstić information content (AvgIpc) is 2.36. The maximum absolute atomic E-state index is 11.9. The number of halogens is 3. The number of carbonyl (C=O) groups is 2. The van der Waals surface area contributed by atoms with Gasteiger partial charge in [0, 0.05) is 6.07 Å². The number of hydrogen-bond donors (Lipinski definition) is 3. The van der Waals surface area contributed by atoms with Gasteiger partial charge in [-0.25, -0.2) is 9.78 Å². The number of primary amides is 1. The minimum absolute atomic E-state index is 0.228. The molecule has 0 aliphatic carbocycles. The zero-order chi connectivity index (χ0) is 16.0. The second kappa shape index (κ2) is 6.77. The van der Waals surface area contributed by atoms with Crippen molar-refractivity contribution in [1.82, 2.24) is 10.3 Å². The first-order valence-electron chi connectivity index (χ1n) is 5.70. The maximum Gasteiger partial charge on any atom is 0.422 e. The summed E-state index contributed by atoms with van der Waals surface area (Å²) < 4.78 is 40.2. The molecule has 1 aromatic rings. The van der Waals surface area contributed by atoms with E-state index >= 15 is 0 Å². The predicted molar refractivity (Wildman–Crippen MR) is 66.6 cm³/mol. The molecule has 0 bridgehead atoms. The summed E-state index contributed by atoms with van der Waals surface area (Å²) in [4.78, 5) is 25.8. The van der Waals surface area contributed by atoms with E-state index in [1.54, 1.807) is 0 Å². The highest BCUT2D eigenvalue weighted by Crippen LogP contribution is 2.18. The second-order valence-corrected chi connectivity index (χ2v) is 4.01. The molecule has 1 aromatic heterocycles. The maximum atomic E-state index is 11.9. The number of nitrogens with two attached hydrogens (primary N) is 1. The summed E-state index contributed by atoms with van der Waals surface area (Å²) in [6.07, 6.45) is -3.33. The second-order valence-electron chi connectivity index (χ2n) is 4.01. The van der Waals surface area contributed by atoms with E-state index in [-0.39, 0.29) is 11.6 Å². The van der Waals surface area contributed by atoms with E-state index in [0.717, 1.165) is 6.20 Å². The summed E-state index contributed by atoms with van der Waals surface area (Å²) in [6.45, 7) is -0.0421. The van der Waals surface area contributed by atoms with E-state index in [1.807, 2.05) is 0 Å². The van der Waals surface area contributed by atoms with Crippen molar-refractivity contribution in [3.63, 3.8) is 0 Å². The van der Waals surface area contributed by atoms with Gasteiger partial charge in [0.2, 0.25) is 11.8 Å². The van der Waals surface area contributed by atoms with Crippen LogP contribution in [0.2, 0.25) is 0 Å². The molecule has 10 heteroatoms. The quantitative estimate of drug-likeness (QED) is 0.755. The van der Waals surface area contributed by atoms with Gasteiger partial charge in [-0.2, -0.15) is 13.2 Å². The van der Waals surface area contributed by atoms with Gasteiger partial charge in [-0.1, -0.05) is 0 Å². The number of amides is 3. The molecular weight excluding hydrogens is 293 g/mol. The summed E-state index contributed by atoms with van der Waals surface area (Å²) in [5.74, 6) is -0.784. The van der Waals surface area contributed by atoms with Crippen molar-refractivity contribution in [2.75, 3.05) is 11.9 Å². The van der Waals surface area contributed by atoms with E-state index in [1.165, 1.54) is 19.1 Å². The number of aromatic nitrogens is 1. The Hall–Kier alpha value is -2.52. The molecule has 1 atom stereocenters. The van der Waals surface area contributed by atoms with Gasteiger partial charge in [0.25, 0.3) is 0 Å². The third-order valence-corrected chi connectivity index (χ3v) is 2.14. The van der Waals surface area contributed by atoms with Crippen LogP contribution in [-0.4, -0.2) is 35.7 Å². The normalized spacial score (nSPS) is 12.4. The highest BCUT2D eigenvalue weighted by atomic mass is 19.4. The molecule has 0 fully saturated rings. The molecule has 0 spiro atoms. The largest absolute Gasteiger partial charge is 0.468 e. The van der Waals surface area contributed by atoms with Crippen molar-refractivity contribution in [3.05, 3.63) is 18.3 Å². The van der Waals surface area contributed by atoms with Crippen LogP contribution >= 0.6 is 0 Å². The van der Waals surface area contributed by atoms with Gasteiger partial charge >= 0.3 is 12.2 Å². The van der Waals surface area contributed by atoms with Gasteiger partial charge in [0.05, 0.1) is 11.9 Å². The van der Waals surface area contributed by atoms with Gasteiger partial charge < -0.3 is 21.1 Å². The topological polar surface area (TPSA) is 106 Å². The molecule has 116 valence electrons. The Balaban J connectivity index is 2.54. The van der Waals surface area contributed by atoms with Crippen LogP contribution in [0, 0.1) is 0 Å². The number of anilines is 1. The SMILES string of the molecule is C[C@H](NC(N)=O)C(=O)Nc1ccc(OCC(F)(F)F)nc1. The van der Waals surface area contributed by atoms with Crippen LogP contribution < -0.4 is 21.1 Å². The van der Waals surface area contributed by atoms with Crippen molar-refractivity contribution < 1.29 is 27.5 Å². The monoisotopic (exact) mass is 306 g/mol. The minimum atomic E-state index is -4.45. The van der Waals surface area contributed by atoms with Crippen molar-refractivity contribution in [3.8, 4) is 5.88 Å². The van der Waals surface area contributed by atoms with Gasteiger partial charge in [0.15, 0.2) is 6.61 Å². The fourth-order valence-electron chi connectivity index (χ4n) is 1.22. The molecule has 0 aliphatic heterocycles. The highest BCUT2D eigenvalue weighted by Gasteiger charge is 2.28. The number of rotatable bonds is 5. The number of hydrogen-bond acceptors (Lipinski definition) is 4. The number of nitrogens with zero attached hydrogens (tertiary/aromatic N) is 1. The molecule has 7 nitrogen and oxygen atoms in total. The fourth-order valence-corrected chi connectivity index (χ4v) is 1.22. The number of ether oxygens (including phenoxy) is 1. The first-order chi connectivity index (χ1) is 9.67. The van der Waals surface area contributed by atoms with E-state index < -0.39 is 30.8 Å². The zero-order valence-corrected chi connectivity index (χ0v) is 10.9. The summed E-state index contributed by atoms with van der Waals surface area (Å²) >= 11 is 0. The van der Waals surface area contributed by atoms with Crippen LogP contribution in [0.15, 0.2) is 18.3 Å². The van der Waals surface area contributed by atoms with Crippen LogP contribution in [-0.2, 0) is 4.79 Å². The van der Waals surface area contributed by atoms with Crippen LogP contribution in [0.25, 0.3) is 0 Å². The summed E-state index contributed by atoms with van der Waals surface area (Å²) in [5, 5.41) is 4.56. The highest BCUT2D eigenvalue weighted by molar-refractivity contribution is 5.96. The number of urea groups is 1. The Morgan fingerprint density at radius 1 is 1.43 bits per heavy atom. The van der Waals surface area contributed by atoms with Crippen LogP contribution in [0.4, 0.5) is 23.7 Å². The van der Waals surface area contributed by atoms with E-state index in [4.69, 9.17) is 5.73 Å². The zero-order valence-electron chi connectivity index (χ0n) is 10.9. The fraction of sp³-hybridized carbons (Fsp3) is 0.364. The molecule has 0 unspecified atom stereocenters. The summed E-state index contributed by atoms with van der Waals surface area (Å²) in [6, 6.07) is 0.761. The number of nitrogens with one attached hydrogen (secondary N) is 2. The lowest BCUT2D eigenvalue weighted by molar-refractivity contribution is -0.154. The van der Waals surface area contributed by atoms with Crippen LogP contribution in [0.3, 0.4) is 0 Å². The molecule has 0 aliphatic rings. The Labute approximate surface area is 117 Å². The first kappa shape index (κ1) is 16.5. The van der Waals surface area contributed by atoms with Crippen molar-refractivity contribution in [2.24, 2.45) is 5.73 Å². The summed E-state index contributed by atoms with van der Waals surface area (Å²) in [7, 11) is 0. The number of alkyl halides is 3. The Kier molecular flexibility index (Phi) is 5.33. The molecule has 0 aromatic carbocycles. The molecule has 21 heavy (non-hydrogen) atoms. The standard InChI is InChI=1S/C11H13F3N4O3/c1-6(17-10(15)20)9(19)18-7-2-3-8(16-4-7)21-5-11(12,13)14/h2-4,6H,5H2,1H3,(H,18,19)(H3,15,17,20)/t6-/m0/s1. The minimum Gasteiger partial charge on any atom is -0.468 e. The lowest BCUT2D eigenvalue weighted by Gasteiger charge is -2.12. The lowest BCUT2D eigenvalue weighted by Crippen LogP contribution is -2.44. The van der Waals surface area contributed by atoms with Gasteiger partial charge in [-0.05, 0) is 13.0 Å². The number of carbonyl (C=O) groups excluding carboxylic acids is 2. The Bertz CT molecular complexity index is 504. The molecule has 3 amide bonds. The van der Waals surface area contributed by atoms with Crippen LogP contribution in [0.1, 0.15) is 6.92 Å². The third-order valence-electron chi connectivity index (χ3n) is 2.14. The summed E-state index contributed by atoms with van der Waals surface area (Å²) in [5.41, 5.74) is 5.10. The molecule has 4 N–H and O–H groups in total. The van der Waals surface area contributed by atoms with Crippen molar-refractivity contribution in [1.29, 1.82) is 0 Å². The van der Waals surface area contributed by atoms with Crippen molar-refractivity contribution in [2.45, 2.75) is 19.1 Å². The molecule has 1 heterocycles. The Morgan fingerprint density at radius 2 is 2.10 bits per heavy atom. The van der Waals surface area contributed by atoms with Gasteiger partial charge in [0.1, 0.15) is 6.04 Å². The van der Waals surface area contributed by atoms with Crippen LogP contribution in [0.5, 0.6) is 5.88 Å². The van der Waals surface area contributed by atoms with E-state index in [9.17, 15) is 22.8 Å². The smallest absolute Gasteiger partial charge is 0.422 e. The number of pyridine rings is 1. The molecule has 0 radical (unpaired) electrons. The van der Waals surface area contributed by atoms with Gasteiger partial charge in [-0.3, -0.25) is 4.79 Å². The van der Waals surface area contributed by atoms with Crippen molar-refractivity contribution >= 4 is 17.6 Å². The van der Waals surface area contributed by atoms with E-state index in [0.29, 0.717) is 0 Å².